The number of fused-ring (bicyclic) bond motifs is 1. The van der Waals surface area contributed by atoms with Crippen LogP contribution in [-0.2, 0) is 11.3 Å². The van der Waals surface area contributed by atoms with Gasteiger partial charge in [-0.3, -0.25) is 4.79 Å². The lowest BCUT2D eigenvalue weighted by molar-refractivity contribution is -0.121. The normalized spacial score (nSPS) is 12.0. The molecule has 3 aromatic carbocycles. The summed E-state index contributed by atoms with van der Waals surface area (Å²) < 4.78 is 13.9. The minimum absolute atomic E-state index is 0.0663. The summed E-state index contributed by atoms with van der Waals surface area (Å²) in [6.45, 7) is 0.476. The highest BCUT2D eigenvalue weighted by Gasteiger charge is 2.21. The number of amides is 1. The van der Waals surface area contributed by atoms with Crippen molar-refractivity contribution in [2.75, 3.05) is 0 Å². The number of aromatic nitrogens is 1. The van der Waals surface area contributed by atoms with Crippen molar-refractivity contribution < 1.29 is 9.18 Å². The number of para-hydroxylation sites is 1. The zero-order chi connectivity index (χ0) is 19.3. The van der Waals surface area contributed by atoms with E-state index in [0.29, 0.717) is 6.54 Å². The van der Waals surface area contributed by atoms with Crippen LogP contribution >= 0.6 is 0 Å². The SMILES string of the molecule is O=C(CC(c1cccc(F)c1)c1c[nH]c2ccccc12)NCc1ccccc1. The van der Waals surface area contributed by atoms with Crippen LogP contribution in [0.4, 0.5) is 4.39 Å². The Bertz CT molecular complexity index is 1090. The third-order valence-electron chi connectivity index (χ3n) is 4.97. The maximum absolute atomic E-state index is 13.9. The Balaban J connectivity index is 1.61. The summed E-state index contributed by atoms with van der Waals surface area (Å²) in [6, 6.07) is 24.2. The fourth-order valence-electron chi connectivity index (χ4n) is 3.57. The van der Waals surface area contributed by atoms with Crippen LogP contribution in [0.25, 0.3) is 10.9 Å². The molecule has 0 bridgehead atoms. The van der Waals surface area contributed by atoms with E-state index in [1.54, 1.807) is 6.07 Å². The van der Waals surface area contributed by atoms with E-state index in [0.717, 1.165) is 27.6 Å². The first-order valence-electron chi connectivity index (χ1n) is 9.33. The van der Waals surface area contributed by atoms with E-state index in [4.69, 9.17) is 0 Å². The van der Waals surface area contributed by atoms with E-state index in [1.165, 1.54) is 12.1 Å². The molecule has 0 saturated heterocycles. The Kier molecular flexibility index (Phi) is 5.20. The quantitative estimate of drug-likeness (QED) is 0.483. The molecule has 0 aliphatic carbocycles. The fourth-order valence-corrected chi connectivity index (χ4v) is 3.57. The molecule has 3 nitrogen and oxygen atoms in total. The van der Waals surface area contributed by atoms with Gasteiger partial charge in [0.2, 0.25) is 5.91 Å². The van der Waals surface area contributed by atoms with E-state index in [-0.39, 0.29) is 24.1 Å². The first-order chi connectivity index (χ1) is 13.7. The lowest BCUT2D eigenvalue weighted by Gasteiger charge is -2.17. The van der Waals surface area contributed by atoms with Crippen LogP contribution in [0, 0.1) is 5.82 Å². The highest BCUT2D eigenvalue weighted by Crippen LogP contribution is 2.33. The maximum atomic E-state index is 13.9. The zero-order valence-corrected chi connectivity index (χ0v) is 15.4. The van der Waals surface area contributed by atoms with Crippen LogP contribution in [0.1, 0.15) is 29.0 Å². The van der Waals surface area contributed by atoms with E-state index < -0.39 is 0 Å². The van der Waals surface area contributed by atoms with Gasteiger partial charge in [0.15, 0.2) is 0 Å². The van der Waals surface area contributed by atoms with Crippen LogP contribution < -0.4 is 5.32 Å². The molecule has 0 aliphatic heterocycles. The van der Waals surface area contributed by atoms with Crippen molar-refractivity contribution in [3.8, 4) is 0 Å². The number of carbonyl (C=O) groups is 1. The second-order valence-corrected chi connectivity index (χ2v) is 6.86. The minimum atomic E-state index is -0.299. The Morgan fingerprint density at radius 1 is 0.964 bits per heavy atom. The molecule has 1 heterocycles. The molecule has 0 radical (unpaired) electrons. The van der Waals surface area contributed by atoms with Crippen molar-refractivity contribution in [2.45, 2.75) is 18.9 Å². The first-order valence-corrected chi connectivity index (χ1v) is 9.33. The third-order valence-corrected chi connectivity index (χ3v) is 4.97. The highest BCUT2D eigenvalue weighted by atomic mass is 19.1. The van der Waals surface area contributed by atoms with Crippen molar-refractivity contribution in [1.82, 2.24) is 10.3 Å². The topological polar surface area (TPSA) is 44.9 Å². The zero-order valence-electron chi connectivity index (χ0n) is 15.4. The molecule has 0 saturated carbocycles. The van der Waals surface area contributed by atoms with Crippen molar-refractivity contribution in [3.63, 3.8) is 0 Å². The largest absolute Gasteiger partial charge is 0.361 e. The number of hydrogen-bond donors (Lipinski definition) is 2. The van der Waals surface area contributed by atoms with Gasteiger partial charge >= 0.3 is 0 Å². The van der Waals surface area contributed by atoms with Crippen LogP contribution in [0.2, 0.25) is 0 Å². The Morgan fingerprint density at radius 3 is 2.57 bits per heavy atom. The number of aromatic amines is 1. The number of rotatable bonds is 6. The van der Waals surface area contributed by atoms with Gasteiger partial charge in [-0.15, -0.1) is 0 Å². The second-order valence-electron chi connectivity index (χ2n) is 6.86. The summed E-state index contributed by atoms with van der Waals surface area (Å²) in [5.74, 6) is -0.599. The van der Waals surface area contributed by atoms with Gasteiger partial charge < -0.3 is 10.3 Å². The molecule has 4 aromatic rings. The predicted octanol–water partition coefficient (Wildman–Crippen LogP) is 5.15. The summed E-state index contributed by atoms with van der Waals surface area (Å²) in [5.41, 5.74) is 3.84. The summed E-state index contributed by atoms with van der Waals surface area (Å²) >= 11 is 0. The van der Waals surface area contributed by atoms with Gasteiger partial charge in [0, 0.05) is 36.0 Å². The van der Waals surface area contributed by atoms with E-state index in [2.05, 4.69) is 10.3 Å². The van der Waals surface area contributed by atoms with Crippen molar-refractivity contribution in [1.29, 1.82) is 0 Å². The molecule has 1 atom stereocenters. The lowest BCUT2D eigenvalue weighted by Crippen LogP contribution is -2.25. The Morgan fingerprint density at radius 2 is 1.75 bits per heavy atom. The number of hydrogen-bond acceptors (Lipinski definition) is 1. The molecule has 140 valence electrons. The van der Waals surface area contributed by atoms with Gasteiger partial charge in [0.25, 0.3) is 0 Å². The summed E-state index contributed by atoms with van der Waals surface area (Å²) in [4.78, 5) is 16.0. The molecule has 4 heteroatoms. The predicted molar refractivity (Wildman–Crippen MR) is 109 cm³/mol. The number of H-pyrrole nitrogens is 1. The van der Waals surface area contributed by atoms with Gasteiger partial charge in [-0.2, -0.15) is 0 Å². The van der Waals surface area contributed by atoms with Crippen LogP contribution in [-0.4, -0.2) is 10.9 Å². The van der Waals surface area contributed by atoms with Crippen molar-refractivity contribution in [2.24, 2.45) is 0 Å². The van der Waals surface area contributed by atoms with Gasteiger partial charge in [0.1, 0.15) is 5.82 Å². The van der Waals surface area contributed by atoms with E-state index in [1.807, 2.05) is 66.9 Å². The molecule has 1 aromatic heterocycles. The molecule has 1 unspecified atom stereocenters. The molecule has 4 rings (SSSR count). The smallest absolute Gasteiger partial charge is 0.221 e. The summed E-state index contributed by atoms with van der Waals surface area (Å²) in [6.07, 6.45) is 2.17. The molecule has 28 heavy (non-hydrogen) atoms. The van der Waals surface area contributed by atoms with Gasteiger partial charge in [-0.05, 0) is 34.9 Å². The Hall–Kier alpha value is -3.40. The van der Waals surface area contributed by atoms with Crippen LogP contribution in [0.3, 0.4) is 0 Å². The highest BCUT2D eigenvalue weighted by molar-refractivity contribution is 5.86. The molecule has 0 aliphatic rings. The first kappa shape index (κ1) is 18.0. The van der Waals surface area contributed by atoms with E-state index in [9.17, 15) is 9.18 Å². The number of benzene rings is 3. The summed E-state index contributed by atoms with van der Waals surface area (Å²) in [5, 5.41) is 4.03. The molecular weight excluding hydrogens is 351 g/mol. The average Bonchev–Trinajstić information content (AvgIpc) is 3.15. The minimum Gasteiger partial charge on any atom is -0.361 e. The number of nitrogens with one attached hydrogen (secondary N) is 2. The number of halogens is 1. The standard InChI is InChI=1S/C24H21FN2O/c25-19-10-6-9-18(13-19)21(22-16-26-23-12-5-4-11-20(22)23)14-24(28)27-15-17-7-2-1-3-8-17/h1-13,16,21,26H,14-15H2,(H,27,28). The lowest BCUT2D eigenvalue weighted by atomic mass is 9.88. The molecule has 2 N–H and O–H groups in total. The van der Waals surface area contributed by atoms with Crippen molar-refractivity contribution in [3.05, 3.63) is 108 Å². The monoisotopic (exact) mass is 372 g/mol. The van der Waals surface area contributed by atoms with Gasteiger partial charge in [0.05, 0.1) is 0 Å². The molecule has 0 spiro atoms. The van der Waals surface area contributed by atoms with Gasteiger partial charge in [-0.25, -0.2) is 4.39 Å². The van der Waals surface area contributed by atoms with E-state index >= 15 is 0 Å². The van der Waals surface area contributed by atoms with Gasteiger partial charge in [-0.1, -0.05) is 60.7 Å². The van der Waals surface area contributed by atoms with Crippen molar-refractivity contribution >= 4 is 16.8 Å². The summed E-state index contributed by atoms with van der Waals surface area (Å²) in [7, 11) is 0. The number of carbonyl (C=O) groups excluding carboxylic acids is 1. The Labute approximate surface area is 163 Å². The molecule has 0 fully saturated rings. The van der Waals surface area contributed by atoms with Crippen LogP contribution in [0.5, 0.6) is 0 Å². The third kappa shape index (κ3) is 3.96. The second kappa shape index (κ2) is 8.09. The van der Waals surface area contributed by atoms with Crippen LogP contribution in [0.15, 0.2) is 85.1 Å². The maximum Gasteiger partial charge on any atom is 0.221 e. The molecular formula is C24H21FN2O. The average molecular weight is 372 g/mol. The fraction of sp³-hybridized carbons (Fsp3) is 0.125. The molecule has 1 amide bonds.